The second-order valence-corrected chi connectivity index (χ2v) is 5.23. The SMILES string of the molecule is CC(C)Oc1ccccc1C(C)NC(=O)CCBr. The van der Waals surface area contributed by atoms with Gasteiger partial charge in [0.25, 0.3) is 0 Å². The van der Waals surface area contributed by atoms with Gasteiger partial charge in [0, 0.05) is 17.3 Å². The first-order valence-corrected chi connectivity index (χ1v) is 7.27. The summed E-state index contributed by atoms with van der Waals surface area (Å²) < 4.78 is 5.75. The minimum atomic E-state index is -0.0495. The number of nitrogens with one attached hydrogen (secondary N) is 1. The number of carbonyl (C=O) groups excluding carboxylic acids is 1. The average Bonchev–Trinajstić information content (AvgIpc) is 2.28. The van der Waals surface area contributed by atoms with Crippen molar-refractivity contribution in [1.82, 2.24) is 5.32 Å². The van der Waals surface area contributed by atoms with Crippen molar-refractivity contribution in [3.05, 3.63) is 29.8 Å². The molecule has 1 N–H and O–H groups in total. The van der Waals surface area contributed by atoms with Gasteiger partial charge in [-0.15, -0.1) is 0 Å². The van der Waals surface area contributed by atoms with Gasteiger partial charge in [0.15, 0.2) is 0 Å². The zero-order chi connectivity index (χ0) is 13.5. The van der Waals surface area contributed by atoms with E-state index in [0.717, 1.165) is 11.3 Å². The van der Waals surface area contributed by atoms with Gasteiger partial charge >= 0.3 is 0 Å². The number of hydrogen-bond donors (Lipinski definition) is 1. The monoisotopic (exact) mass is 313 g/mol. The number of para-hydroxylation sites is 1. The Balaban J connectivity index is 2.78. The van der Waals surface area contributed by atoms with Crippen LogP contribution in [0.25, 0.3) is 0 Å². The van der Waals surface area contributed by atoms with Crippen molar-refractivity contribution in [2.24, 2.45) is 0 Å². The van der Waals surface area contributed by atoms with Crippen molar-refractivity contribution < 1.29 is 9.53 Å². The van der Waals surface area contributed by atoms with E-state index in [9.17, 15) is 4.79 Å². The van der Waals surface area contributed by atoms with Gasteiger partial charge in [-0.05, 0) is 26.8 Å². The highest BCUT2D eigenvalue weighted by atomic mass is 79.9. The van der Waals surface area contributed by atoms with Crippen LogP contribution in [0.5, 0.6) is 5.75 Å². The summed E-state index contributed by atoms with van der Waals surface area (Å²) in [4.78, 5) is 11.6. The predicted molar refractivity (Wildman–Crippen MR) is 77.2 cm³/mol. The number of alkyl halides is 1. The van der Waals surface area contributed by atoms with Crippen LogP contribution in [0, 0.1) is 0 Å². The lowest BCUT2D eigenvalue weighted by atomic mass is 10.1. The van der Waals surface area contributed by atoms with E-state index in [1.54, 1.807) is 0 Å². The van der Waals surface area contributed by atoms with E-state index in [1.165, 1.54) is 0 Å². The fraction of sp³-hybridized carbons (Fsp3) is 0.500. The Labute approximate surface area is 117 Å². The first-order chi connectivity index (χ1) is 8.54. The highest BCUT2D eigenvalue weighted by molar-refractivity contribution is 9.09. The first kappa shape index (κ1) is 15.0. The molecule has 0 aromatic heterocycles. The number of benzene rings is 1. The molecule has 1 unspecified atom stereocenters. The molecule has 4 heteroatoms. The van der Waals surface area contributed by atoms with Crippen molar-refractivity contribution in [3.8, 4) is 5.75 Å². The molecule has 0 heterocycles. The van der Waals surface area contributed by atoms with E-state index < -0.39 is 0 Å². The number of ether oxygens (including phenoxy) is 1. The molecule has 1 atom stereocenters. The number of hydrogen-bond acceptors (Lipinski definition) is 2. The lowest BCUT2D eigenvalue weighted by Crippen LogP contribution is -2.27. The Morgan fingerprint density at radius 1 is 1.33 bits per heavy atom. The fourth-order valence-electron chi connectivity index (χ4n) is 1.68. The maximum Gasteiger partial charge on any atom is 0.221 e. The van der Waals surface area contributed by atoms with Crippen LogP contribution < -0.4 is 10.1 Å². The van der Waals surface area contributed by atoms with Gasteiger partial charge < -0.3 is 10.1 Å². The Bertz CT molecular complexity index is 393. The van der Waals surface area contributed by atoms with Gasteiger partial charge in [-0.2, -0.15) is 0 Å². The quantitative estimate of drug-likeness (QED) is 0.817. The molecule has 0 spiro atoms. The first-order valence-electron chi connectivity index (χ1n) is 6.15. The van der Waals surface area contributed by atoms with E-state index in [0.29, 0.717) is 11.8 Å². The highest BCUT2D eigenvalue weighted by Crippen LogP contribution is 2.25. The van der Waals surface area contributed by atoms with E-state index in [4.69, 9.17) is 4.74 Å². The molecule has 0 fully saturated rings. The maximum atomic E-state index is 11.6. The normalized spacial score (nSPS) is 12.3. The van der Waals surface area contributed by atoms with Crippen molar-refractivity contribution in [2.45, 2.75) is 39.3 Å². The molecule has 0 bridgehead atoms. The molecular formula is C14H20BrNO2. The molecule has 1 aromatic rings. The molecule has 1 rings (SSSR count). The van der Waals surface area contributed by atoms with Crippen molar-refractivity contribution in [1.29, 1.82) is 0 Å². The van der Waals surface area contributed by atoms with E-state index in [-0.39, 0.29) is 18.1 Å². The zero-order valence-electron chi connectivity index (χ0n) is 11.1. The average molecular weight is 314 g/mol. The zero-order valence-corrected chi connectivity index (χ0v) is 12.7. The van der Waals surface area contributed by atoms with Crippen LogP contribution in [-0.2, 0) is 4.79 Å². The summed E-state index contributed by atoms with van der Waals surface area (Å²) >= 11 is 3.26. The summed E-state index contributed by atoms with van der Waals surface area (Å²) in [7, 11) is 0. The molecule has 0 aliphatic heterocycles. The third-order valence-corrected chi connectivity index (χ3v) is 2.84. The van der Waals surface area contributed by atoms with Crippen molar-refractivity contribution in [2.75, 3.05) is 5.33 Å². The molecule has 0 aliphatic rings. The van der Waals surface area contributed by atoms with Gasteiger partial charge in [-0.25, -0.2) is 0 Å². The van der Waals surface area contributed by atoms with Crippen molar-refractivity contribution >= 4 is 21.8 Å². The fourth-order valence-corrected chi connectivity index (χ4v) is 2.04. The molecule has 0 saturated heterocycles. The second kappa shape index (κ2) is 7.41. The van der Waals surface area contributed by atoms with Crippen LogP contribution in [0.1, 0.15) is 38.8 Å². The number of halogens is 1. The van der Waals surface area contributed by atoms with Crippen LogP contribution in [0.3, 0.4) is 0 Å². The molecule has 1 amide bonds. The van der Waals surface area contributed by atoms with Crippen molar-refractivity contribution in [3.63, 3.8) is 0 Å². The third-order valence-electron chi connectivity index (χ3n) is 2.45. The molecule has 3 nitrogen and oxygen atoms in total. The van der Waals surface area contributed by atoms with Gasteiger partial charge in [-0.3, -0.25) is 4.79 Å². The standard InChI is InChI=1S/C14H20BrNO2/c1-10(2)18-13-7-5-4-6-12(13)11(3)16-14(17)8-9-15/h4-7,10-11H,8-9H2,1-3H3,(H,16,17). The topological polar surface area (TPSA) is 38.3 Å². The summed E-state index contributed by atoms with van der Waals surface area (Å²) in [6.45, 7) is 5.95. The largest absolute Gasteiger partial charge is 0.491 e. The summed E-state index contributed by atoms with van der Waals surface area (Å²) in [6, 6.07) is 7.76. The molecular weight excluding hydrogens is 294 g/mol. The molecule has 100 valence electrons. The molecule has 1 aromatic carbocycles. The molecule has 0 saturated carbocycles. The number of carbonyl (C=O) groups is 1. The summed E-state index contributed by atoms with van der Waals surface area (Å²) in [5.74, 6) is 0.873. The summed E-state index contributed by atoms with van der Waals surface area (Å²) in [5, 5.41) is 3.64. The molecule has 18 heavy (non-hydrogen) atoms. The summed E-state index contributed by atoms with van der Waals surface area (Å²) in [5.41, 5.74) is 1.01. The van der Waals surface area contributed by atoms with Gasteiger partial charge in [0.1, 0.15) is 5.75 Å². The van der Waals surface area contributed by atoms with Gasteiger partial charge in [0.05, 0.1) is 12.1 Å². The smallest absolute Gasteiger partial charge is 0.221 e. The Morgan fingerprint density at radius 3 is 2.61 bits per heavy atom. The lowest BCUT2D eigenvalue weighted by molar-refractivity contribution is -0.121. The Morgan fingerprint density at radius 2 is 2.00 bits per heavy atom. The van der Waals surface area contributed by atoms with E-state index in [2.05, 4.69) is 21.2 Å². The summed E-state index contributed by atoms with van der Waals surface area (Å²) in [6.07, 6.45) is 0.606. The van der Waals surface area contributed by atoms with Crippen LogP contribution >= 0.6 is 15.9 Å². The Kier molecular flexibility index (Phi) is 6.19. The minimum absolute atomic E-state index is 0.0405. The van der Waals surface area contributed by atoms with Gasteiger partial charge in [0.2, 0.25) is 5.91 Å². The predicted octanol–water partition coefficient (Wildman–Crippen LogP) is 3.44. The van der Waals surface area contributed by atoms with E-state index in [1.807, 2.05) is 45.0 Å². The third kappa shape index (κ3) is 4.69. The lowest BCUT2D eigenvalue weighted by Gasteiger charge is -2.19. The van der Waals surface area contributed by atoms with Gasteiger partial charge in [-0.1, -0.05) is 34.1 Å². The second-order valence-electron chi connectivity index (χ2n) is 4.43. The highest BCUT2D eigenvalue weighted by Gasteiger charge is 2.14. The number of rotatable bonds is 6. The van der Waals surface area contributed by atoms with Crippen LogP contribution in [0.15, 0.2) is 24.3 Å². The molecule has 0 radical (unpaired) electrons. The van der Waals surface area contributed by atoms with E-state index >= 15 is 0 Å². The van der Waals surface area contributed by atoms with Crippen LogP contribution in [0.2, 0.25) is 0 Å². The Hall–Kier alpha value is -1.03. The van der Waals surface area contributed by atoms with Crippen LogP contribution in [-0.4, -0.2) is 17.3 Å². The van der Waals surface area contributed by atoms with Crippen LogP contribution in [0.4, 0.5) is 0 Å². The molecule has 0 aliphatic carbocycles. The maximum absolute atomic E-state index is 11.6. The minimum Gasteiger partial charge on any atom is -0.491 e. The number of amides is 1.